The summed E-state index contributed by atoms with van der Waals surface area (Å²) >= 11 is 0. The number of ether oxygens (including phenoxy) is 4. The highest BCUT2D eigenvalue weighted by atomic mass is 31.2. The quantitative estimate of drug-likeness (QED) is 0.863. The second-order valence-corrected chi connectivity index (χ2v) is 6.95. The Balaban J connectivity index is 1.84. The van der Waals surface area contributed by atoms with Crippen molar-refractivity contribution in [1.29, 1.82) is 0 Å². The van der Waals surface area contributed by atoms with Gasteiger partial charge in [-0.3, -0.25) is 0 Å². The highest BCUT2D eigenvalue weighted by Crippen LogP contribution is 2.49. The van der Waals surface area contributed by atoms with Crippen LogP contribution in [0, 0.1) is 0 Å². The fourth-order valence-corrected chi connectivity index (χ4v) is 2.99. The molecule has 2 aromatic rings. The summed E-state index contributed by atoms with van der Waals surface area (Å²) in [5, 5.41) is 0. The van der Waals surface area contributed by atoms with Gasteiger partial charge in [-0.15, -0.1) is 0 Å². The normalized spacial score (nSPS) is 17.0. The highest BCUT2D eigenvalue weighted by molar-refractivity contribution is 7.52. The largest absolute Gasteiger partial charge is 0.454 e. The van der Waals surface area contributed by atoms with Gasteiger partial charge in [0.2, 0.25) is 13.6 Å². The third kappa shape index (κ3) is 2.69. The molecule has 2 heterocycles. The van der Waals surface area contributed by atoms with Crippen molar-refractivity contribution in [2.75, 3.05) is 20.3 Å². The van der Waals surface area contributed by atoms with Crippen molar-refractivity contribution in [2.24, 2.45) is 0 Å². The Morgan fingerprint density at radius 1 is 0.957 bits per heavy atom. The minimum absolute atomic E-state index is 0.0995. The van der Waals surface area contributed by atoms with Crippen molar-refractivity contribution in [2.45, 2.75) is 0 Å². The molecule has 23 heavy (non-hydrogen) atoms. The molecule has 0 saturated heterocycles. The van der Waals surface area contributed by atoms with Gasteiger partial charge in [-0.2, -0.15) is 0 Å². The lowest BCUT2D eigenvalue weighted by Gasteiger charge is -2.14. The molecule has 8 heteroatoms. The maximum atomic E-state index is 11.7. The van der Waals surface area contributed by atoms with Crippen LogP contribution in [0.25, 0.3) is 11.1 Å². The molecular formula is C15H13O7P. The Kier molecular flexibility index (Phi) is 3.14. The van der Waals surface area contributed by atoms with Crippen molar-refractivity contribution in [3.63, 3.8) is 0 Å². The first kappa shape index (κ1) is 14.2. The third-order valence-electron chi connectivity index (χ3n) is 3.43. The smallest absolute Gasteiger partial charge is 0.373 e. The van der Waals surface area contributed by atoms with E-state index in [4.69, 9.17) is 23.5 Å². The minimum Gasteiger partial charge on any atom is -0.454 e. The summed E-state index contributed by atoms with van der Waals surface area (Å²) in [6, 6.07) is 8.64. The molecular weight excluding hydrogens is 323 g/mol. The molecule has 0 radical (unpaired) electrons. The summed E-state index contributed by atoms with van der Waals surface area (Å²) in [5.74, 6) is 2.52. The van der Waals surface area contributed by atoms with E-state index in [1.807, 2.05) is 6.07 Å². The first-order chi connectivity index (χ1) is 11.0. The average Bonchev–Trinajstić information content (AvgIpc) is 3.11. The van der Waals surface area contributed by atoms with Crippen LogP contribution in [-0.2, 0) is 4.57 Å². The van der Waals surface area contributed by atoms with E-state index >= 15 is 0 Å². The summed E-state index contributed by atoms with van der Waals surface area (Å²) < 4.78 is 38.2. The number of fused-ring (bicyclic) bond motifs is 2. The van der Waals surface area contributed by atoms with E-state index in [0.717, 1.165) is 12.2 Å². The molecule has 0 spiro atoms. The van der Waals surface area contributed by atoms with Crippen molar-refractivity contribution < 1.29 is 32.9 Å². The summed E-state index contributed by atoms with van der Waals surface area (Å²) in [5.41, 5.74) is 1.35. The summed E-state index contributed by atoms with van der Waals surface area (Å²) in [7, 11) is -3.73. The van der Waals surface area contributed by atoms with Gasteiger partial charge in [0.05, 0.1) is 0 Å². The van der Waals surface area contributed by atoms with E-state index in [-0.39, 0.29) is 19.3 Å². The molecule has 0 fully saturated rings. The van der Waals surface area contributed by atoms with E-state index in [1.165, 1.54) is 0 Å². The van der Waals surface area contributed by atoms with E-state index in [9.17, 15) is 9.46 Å². The van der Waals surface area contributed by atoms with Crippen LogP contribution in [0.15, 0.2) is 30.3 Å². The van der Waals surface area contributed by atoms with Crippen molar-refractivity contribution in [3.8, 4) is 39.9 Å². The zero-order valence-corrected chi connectivity index (χ0v) is 13.0. The van der Waals surface area contributed by atoms with Gasteiger partial charge in [-0.25, -0.2) is 4.57 Å². The Morgan fingerprint density at radius 2 is 1.57 bits per heavy atom. The second kappa shape index (κ2) is 5.08. The van der Waals surface area contributed by atoms with Crippen LogP contribution in [-0.4, -0.2) is 25.1 Å². The Hall–Kier alpha value is -2.37. The molecule has 1 atom stereocenters. The first-order valence-electron chi connectivity index (χ1n) is 6.83. The molecule has 0 saturated carbocycles. The lowest BCUT2D eigenvalue weighted by atomic mass is 10.0. The monoisotopic (exact) mass is 336 g/mol. The van der Waals surface area contributed by atoms with E-state index in [1.54, 1.807) is 24.3 Å². The first-order valence-corrected chi connectivity index (χ1v) is 8.86. The van der Waals surface area contributed by atoms with Gasteiger partial charge in [-0.05, 0) is 23.8 Å². The summed E-state index contributed by atoms with van der Waals surface area (Å²) in [6.07, 6.45) is 0. The van der Waals surface area contributed by atoms with Crippen LogP contribution < -0.4 is 23.5 Å². The Bertz CT molecular complexity index is 827. The molecule has 0 aromatic heterocycles. The molecule has 2 aliphatic rings. The highest BCUT2D eigenvalue weighted by Gasteiger charge is 2.24. The Labute approximate surface area is 131 Å². The van der Waals surface area contributed by atoms with E-state index in [2.05, 4.69) is 0 Å². The van der Waals surface area contributed by atoms with Gasteiger partial charge in [0.1, 0.15) is 5.75 Å². The van der Waals surface area contributed by atoms with Gasteiger partial charge >= 0.3 is 7.60 Å². The number of benzene rings is 2. The molecule has 2 aromatic carbocycles. The molecule has 0 bridgehead atoms. The second-order valence-electron chi connectivity index (χ2n) is 5.16. The van der Waals surface area contributed by atoms with Crippen LogP contribution >= 0.6 is 7.60 Å². The zero-order chi connectivity index (χ0) is 16.0. The average molecular weight is 336 g/mol. The molecule has 2 aliphatic heterocycles. The van der Waals surface area contributed by atoms with Crippen LogP contribution in [0.2, 0.25) is 0 Å². The van der Waals surface area contributed by atoms with Crippen LogP contribution in [0.5, 0.6) is 28.7 Å². The molecule has 120 valence electrons. The molecule has 1 unspecified atom stereocenters. The van der Waals surface area contributed by atoms with Gasteiger partial charge in [0.15, 0.2) is 23.0 Å². The fourth-order valence-electron chi connectivity index (χ4n) is 2.47. The minimum atomic E-state index is -3.73. The summed E-state index contributed by atoms with van der Waals surface area (Å²) in [4.78, 5) is 9.56. The Morgan fingerprint density at radius 3 is 2.26 bits per heavy atom. The molecule has 4 rings (SSSR count). The maximum Gasteiger partial charge on any atom is 0.373 e. The molecule has 0 aliphatic carbocycles. The van der Waals surface area contributed by atoms with E-state index < -0.39 is 7.60 Å². The van der Waals surface area contributed by atoms with Gasteiger partial charge < -0.3 is 28.4 Å². The fraction of sp³-hybridized carbons (Fsp3) is 0.200. The molecule has 0 amide bonds. The van der Waals surface area contributed by atoms with Crippen LogP contribution in [0.3, 0.4) is 0 Å². The zero-order valence-electron chi connectivity index (χ0n) is 12.1. The van der Waals surface area contributed by atoms with E-state index in [0.29, 0.717) is 28.6 Å². The number of hydrogen-bond donors (Lipinski definition) is 1. The maximum absolute atomic E-state index is 11.7. The molecule has 1 N–H and O–H groups in total. The van der Waals surface area contributed by atoms with Gasteiger partial charge in [0, 0.05) is 18.3 Å². The topological polar surface area (TPSA) is 83.5 Å². The summed E-state index contributed by atoms with van der Waals surface area (Å²) in [6.45, 7) is 1.40. The van der Waals surface area contributed by atoms with Crippen LogP contribution in [0.1, 0.15) is 0 Å². The van der Waals surface area contributed by atoms with Crippen molar-refractivity contribution in [3.05, 3.63) is 30.3 Å². The predicted molar refractivity (Wildman–Crippen MR) is 80.5 cm³/mol. The standard InChI is InChI=1S/C15H13O7P/c1-23(16,17)22-12-6-15-14(20-8-21-15)5-10(12)9-2-3-11-13(4-9)19-7-18-11/h2-6H,7-8H2,1H3,(H,16,17). The lowest BCUT2D eigenvalue weighted by Crippen LogP contribution is -1.93. The SMILES string of the molecule is CP(=O)(O)Oc1cc2c(cc1-c1ccc3c(c1)OCO3)OCO2. The third-order valence-corrected chi connectivity index (χ3v) is 3.96. The van der Waals surface area contributed by atoms with Gasteiger partial charge in [-0.1, -0.05) is 6.07 Å². The lowest BCUT2D eigenvalue weighted by molar-refractivity contribution is 0.173. The van der Waals surface area contributed by atoms with Gasteiger partial charge in [0.25, 0.3) is 0 Å². The van der Waals surface area contributed by atoms with Crippen molar-refractivity contribution in [1.82, 2.24) is 0 Å². The number of hydrogen-bond acceptors (Lipinski definition) is 6. The van der Waals surface area contributed by atoms with Crippen molar-refractivity contribution >= 4 is 7.60 Å². The molecule has 7 nitrogen and oxygen atoms in total. The number of rotatable bonds is 3. The predicted octanol–water partition coefficient (Wildman–Crippen LogP) is 3.01. The van der Waals surface area contributed by atoms with Crippen LogP contribution in [0.4, 0.5) is 0 Å².